The van der Waals surface area contributed by atoms with Gasteiger partial charge in [0, 0.05) is 19.4 Å². The summed E-state index contributed by atoms with van der Waals surface area (Å²) in [5.74, 6) is 0.561. The minimum atomic E-state index is -0.670. The molecule has 2 heterocycles. The number of halogens is 1. The second-order valence-corrected chi connectivity index (χ2v) is 5.48. The first-order chi connectivity index (χ1) is 11.6. The van der Waals surface area contributed by atoms with Crippen LogP contribution in [-0.2, 0) is 9.53 Å². The van der Waals surface area contributed by atoms with E-state index in [-0.39, 0.29) is 12.5 Å². The minimum Gasteiger partial charge on any atom is -0.439 e. The first-order valence-corrected chi connectivity index (χ1v) is 7.49. The molecule has 0 bridgehead atoms. The third kappa shape index (κ3) is 3.32. The van der Waals surface area contributed by atoms with E-state index in [1.807, 2.05) is 0 Å². The van der Waals surface area contributed by atoms with Crippen molar-refractivity contribution in [1.82, 2.24) is 10.3 Å². The zero-order valence-corrected chi connectivity index (χ0v) is 13.5. The lowest BCUT2D eigenvalue weighted by atomic mass is 10.2. The van der Waals surface area contributed by atoms with Crippen molar-refractivity contribution < 1.29 is 19.1 Å². The molecule has 0 aliphatic carbocycles. The normalized spacial score (nSPS) is 17.1. The Morgan fingerprint density at radius 1 is 1.21 bits per heavy atom. The molecule has 3 rings (SSSR count). The number of nitrogens with one attached hydrogen (secondary N) is 1. The summed E-state index contributed by atoms with van der Waals surface area (Å²) in [5.41, 5.74) is 0.451. The fourth-order valence-corrected chi connectivity index (χ4v) is 2.37. The van der Waals surface area contributed by atoms with Gasteiger partial charge in [-0.05, 0) is 30.3 Å². The fraction of sp³-hybridized carbons (Fsp3) is 0.188. The number of carbonyl (C=O) groups is 2. The number of aromatic nitrogens is 1. The number of urea groups is 1. The van der Waals surface area contributed by atoms with E-state index in [2.05, 4.69) is 10.3 Å². The van der Waals surface area contributed by atoms with Gasteiger partial charge in [0.25, 0.3) is 5.91 Å². The summed E-state index contributed by atoms with van der Waals surface area (Å²) in [4.78, 5) is 29.3. The molecule has 0 spiro atoms. The lowest BCUT2D eigenvalue weighted by molar-refractivity contribution is -0.119. The van der Waals surface area contributed by atoms with Crippen LogP contribution in [0, 0.1) is 0 Å². The van der Waals surface area contributed by atoms with Crippen molar-refractivity contribution in [2.75, 3.05) is 18.6 Å². The molecule has 124 valence electrons. The van der Waals surface area contributed by atoms with Crippen molar-refractivity contribution in [2.45, 2.75) is 6.04 Å². The van der Waals surface area contributed by atoms with Gasteiger partial charge in [-0.3, -0.25) is 4.79 Å². The van der Waals surface area contributed by atoms with Crippen LogP contribution in [0.1, 0.15) is 0 Å². The Hall–Kier alpha value is -2.64. The highest BCUT2D eigenvalue weighted by molar-refractivity contribution is 6.30. The minimum absolute atomic E-state index is 0.129. The van der Waals surface area contributed by atoms with Crippen LogP contribution < -0.4 is 15.0 Å². The van der Waals surface area contributed by atoms with Crippen LogP contribution in [0.4, 0.5) is 10.5 Å². The molecular weight excluding hydrogens is 334 g/mol. The van der Waals surface area contributed by atoms with Gasteiger partial charge in [0.1, 0.15) is 11.8 Å². The number of methoxy groups -OCH3 is 1. The molecule has 1 unspecified atom stereocenters. The van der Waals surface area contributed by atoms with Crippen molar-refractivity contribution in [3.8, 4) is 11.6 Å². The number of pyridine rings is 1. The highest BCUT2D eigenvalue weighted by Crippen LogP contribution is 2.25. The zero-order valence-electron chi connectivity index (χ0n) is 12.7. The average molecular weight is 348 g/mol. The van der Waals surface area contributed by atoms with E-state index in [9.17, 15) is 9.59 Å². The lowest BCUT2D eigenvalue weighted by Gasteiger charge is -2.13. The molecule has 0 radical (unpaired) electrons. The molecule has 1 aliphatic heterocycles. The zero-order chi connectivity index (χ0) is 17.1. The summed E-state index contributed by atoms with van der Waals surface area (Å²) < 4.78 is 10.5. The second-order valence-electron chi connectivity index (χ2n) is 5.04. The molecule has 1 aromatic heterocycles. The van der Waals surface area contributed by atoms with E-state index >= 15 is 0 Å². The number of hydrogen-bond donors (Lipinski definition) is 1. The number of carbonyl (C=O) groups excluding carboxylic acids is 2. The van der Waals surface area contributed by atoms with Gasteiger partial charge >= 0.3 is 6.03 Å². The molecule has 2 aromatic rings. The first-order valence-electron chi connectivity index (χ1n) is 7.11. The van der Waals surface area contributed by atoms with Gasteiger partial charge in [-0.2, -0.15) is 0 Å². The third-order valence-electron chi connectivity index (χ3n) is 3.37. The molecule has 24 heavy (non-hydrogen) atoms. The van der Waals surface area contributed by atoms with Gasteiger partial charge in [0.05, 0.1) is 17.3 Å². The smallest absolute Gasteiger partial charge is 0.329 e. The predicted octanol–water partition coefficient (Wildman–Crippen LogP) is 2.60. The Bertz CT molecular complexity index is 749. The standard InChI is InChI=1S/C16H14ClN3O4/c1-23-9-13-15(21)20(16(22)19-13)11-3-5-12(6-4-11)24-14-7-2-10(17)8-18-14/h2-8,13H,9H2,1H3,(H,19,22). The van der Waals surface area contributed by atoms with Gasteiger partial charge in [0.15, 0.2) is 0 Å². The molecule has 1 aromatic carbocycles. The predicted molar refractivity (Wildman–Crippen MR) is 87.4 cm³/mol. The summed E-state index contributed by atoms with van der Waals surface area (Å²) in [6.45, 7) is 0.129. The maximum Gasteiger partial charge on any atom is 0.329 e. The first kappa shape index (κ1) is 16.2. The second kappa shape index (κ2) is 6.86. The van der Waals surface area contributed by atoms with Crippen LogP contribution in [-0.4, -0.2) is 36.7 Å². The van der Waals surface area contributed by atoms with Gasteiger partial charge in [-0.15, -0.1) is 0 Å². The number of hydrogen-bond acceptors (Lipinski definition) is 5. The van der Waals surface area contributed by atoms with Crippen LogP contribution in [0.3, 0.4) is 0 Å². The molecule has 7 nitrogen and oxygen atoms in total. The highest BCUT2D eigenvalue weighted by atomic mass is 35.5. The molecule has 1 saturated heterocycles. The number of rotatable bonds is 5. The molecule has 8 heteroatoms. The van der Waals surface area contributed by atoms with Crippen molar-refractivity contribution >= 4 is 29.2 Å². The summed E-state index contributed by atoms with van der Waals surface area (Å²) in [5, 5.41) is 3.09. The maximum atomic E-state index is 12.2. The Kier molecular flexibility index (Phi) is 4.64. The number of benzene rings is 1. The Balaban J connectivity index is 1.73. The van der Waals surface area contributed by atoms with E-state index < -0.39 is 12.1 Å². The van der Waals surface area contributed by atoms with E-state index in [0.717, 1.165) is 4.90 Å². The summed E-state index contributed by atoms with van der Waals surface area (Å²) in [6.07, 6.45) is 1.48. The van der Waals surface area contributed by atoms with E-state index in [1.165, 1.54) is 13.3 Å². The van der Waals surface area contributed by atoms with Crippen molar-refractivity contribution in [2.24, 2.45) is 0 Å². The van der Waals surface area contributed by atoms with Crippen LogP contribution in [0.5, 0.6) is 11.6 Å². The highest BCUT2D eigenvalue weighted by Gasteiger charge is 2.38. The Morgan fingerprint density at radius 3 is 2.58 bits per heavy atom. The van der Waals surface area contributed by atoms with E-state index in [0.29, 0.717) is 22.3 Å². The average Bonchev–Trinajstić information content (AvgIpc) is 2.85. The van der Waals surface area contributed by atoms with E-state index in [4.69, 9.17) is 21.1 Å². The van der Waals surface area contributed by atoms with Gasteiger partial charge < -0.3 is 14.8 Å². The van der Waals surface area contributed by atoms with Crippen LogP contribution in [0.15, 0.2) is 42.6 Å². The number of ether oxygens (including phenoxy) is 2. The molecule has 0 saturated carbocycles. The number of nitrogens with zero attached hydrogens (tertiary/aromatic N) is 2. The number of anilines is 1. The molecule has 1 N–H and O–H groups in total. The SMILES string of the molecule is COCC1NC(=O)N(c2ccc(Oc3ccc(Cl)cn3)cc2)C1=O. The summed E-state index contributed by atoms with van der Waals surface area (Å²) >= 11 is 5.77. The van der Waals surface area contributed by atoms with Crippen molar-refractivity contribution in [1.29, 1.82) is 0 Å². The molecule has 1 atom stereocenters. The monoisotopic (exact) mass is 347 g/mol. The number of imide groups is 1. The largest absolute Gasteiger partial charge is 0.439 e. The molecule has 1 aliphatic rings. The number of amides is 3. The van der Waals surface area contributed by atoms with Gasteiger partial charge in [-0.25, -0.2) is 14.7 Å². The lowest BCUT2D eigenvalue weighted by Crippen LogP contribution is -2.34. The molecule has 3 amide bonds. The Morgan fingerprint density at radius 2 is 1.96 bits per heavy atom. The van der Waals surface area contributed by atoms with Crippen LogP contribution in [0.2, 0.25) is 5.02 Å². The third-order valence-corrected chi connectivity index (χ3v) is 3.59. The summed E-state index contributed by atoms with van der Waals surface area (Å²) in [7, 11) is 1.47. The van der Waals surface area contributed by atoms with Crippen molar-refractivity contribution in [3.05, 3.63) is 47.6 Å². The van der Waals surface area contributed by atoms with E-state index in [1.54, 1.807) is 36.4 Å². The molecular formula is C16H14ClN3O4. The van der Waals surface area contributed by atoms with Gasteiger partial charge in [0.2, 0.25) is 5.88 Å². The maximum absolute atomic E-state index is 12.2. The summed E-state index contributed by atoms with van der Waals surface area (Å²) in [6, 6.07) is 8.71. The Labute approximate surface area is 143 Å². The van der Waals surface area contributed by atoms with Crippen LogP contribution >= 0.6 is 11.6 Å². The van der Waals surface area contributed by atoms with Crippen molar-refractivity contribution in [3.63, 3.8) is 0 Å². The topological polar surface area (TPSA) is 80.8 Å². The molecule has 1 fully saturated rings. The fourth-order valence-electron chi connectivity index (χ4n) is 2.26. The van der Waals surface area contributed by atoms with Gasteiger partial charge in [-0.1, -0.05) is 11.6 Å². The van der Waals surface area contributed by atoms with Crippen LogP contribution in [0.25, 0.3) is 0 Å². The quantitative estimate of drug-likeness (QED) is 0.841.